The summed E-state index contributed by atoms with van der Waals surface area (Å²) < 4.78 is 2.81. The molecular formula is C20H20S2. The lowest BCUT2D eigenvalue weighted by Gasteiger charge is -2.24. The van der Waals surface area contributed by atoms with Crippen molar-refractivity contribution in [3.05, 3.63) is 46.7 Å². The minimum Gasteiger partial charge on any atom is -0.144 e. The molecule has 0 N–H and O–H groups in total. The molecule has 0 aliphatic heterocycles. The van der Waals surface area contributed by atoms with Gasteiger partial charge in [-0.05, 0) is 76.2 Å². The molecule has 4 aromatic rings. The molecule has 2 heteroatoms. The topological polar surface area (TPSA) is 0 Å². The molecule has 2 aromatic heterocycles. The van der Waals surface area contributed by atoms with E-state index in [2.05, 4.69) is 62.5 Å². The molecule has 0 atom stereocenters. The fraction of sp³-hybridized carbons (Fsp3) is 0.300. The second kappa shape index (κ2) is 5.07. The van der Waals surface area contributed by atoms with E-state index in [-0.39, 0.29) is 0 Å². The van der Waals surface area contributed by atoms with Crippen molar-refractivity contribution in [2.75, 3.05) is 0 Å². The van der Waals surface area contributed by atoms with E-state index < -0.39 is 0 Å². The Kier molecular flexibility index (Phi) is 3.28. The molecule has 22 heavy (non-hydrogen) atoms. The molecule has 0 bridgehead atoms. The molecule has 0 amide bonds. The van der Waals surface area contributed by atoms with Crippen LogP contribution in [0.2, 0.25) is 0 Å². The Bertz CT molecular complexity index is 900. The minimum atomic E-state index is 0.316. The first-order valence-corrected chi connectivity index (χ1v) is 9.67. The van der Waals surface area contributed by atoms with Crippen LogP contribution < -0.4 is 0 Å². The number of thiophene rings is 2. The highest BCUT2D eigenvalue weighted by Gasteiger charge is 2.24. The van der Waals surface area contributed by atoms with Crippen molar-refractivity contribution in [1.82, 2.24) is 0 Å². The third kappa shape index (κ3) is 2.09. The van der Waals surface area contributed by atoms with Crippen molar-refractivity contribution in [2.45, 2.75) is 39.0 Å². The number of hydrogen-bond acceptors (Lipinski definition) is 2. The first kappa shape index (κ1) is 14.2. The highest BCUT2D eigenvalue weighted by molar-refractivity contribution is 7.19. The van der Waals surface area contributed by atoms with Crippen LogP contribution in [0.4, 0.5) is 0 Å². The fourth-order valence-corrected chi connectivity index (χ4v) is 5.34. The lowest BCUT2D eigenvalue weighted by molar-refractivity contribution is 0.448. The van der Waals surface area contributed by atoms with Gasteiger partial charge in [0.05, 0.1) is 0 Å². The second-order valence-corrected chi connectivity index (χ2v) is 8.46. The van der Waals surface area contributed by atoms with E-state index in [1.165, 1.54) is 48.7 Å². The minimum absolute atomic E-state index is 0.316. The van der Waals surface area contributed by atoms with Crippen molar-refractivity contribution in [3.8, 4) is 0 Å². The monoisotopic (exact) mass is 324 g/mol. The lowest BCUT2D eigenvalue weighted by atomic mass is 9.83. The van der Waals surface area contributed by atoms with E-state index in [0.29, 0.717) is 5.41 Å². The maximum absolute atomic E-state index is 2.42. The smallest absolute Gasteiger partial charge is 0.0352 e. The van der Waals surface area contributed by atoms with Gasteiger partial charge in [0.15, 0.2) is 0 Å². The normalized spacial score (nSPS) is 12.7. The Morgan fingerprint density at radius 2 is 1.50 bits per heavy atom. The van der Waals surface area contributed by atoms with Gasteiger partial charge < -0.3 is 0 Å². The SMILES string of the molecule is CCC(C)(CC)c1cc2cc3cc4sccc4cc3cc2s1. The van der Waals surface area contributed by atoms with Crippen LogP contribution in [0.1, 0.15) is 38.5 Å². The molecule has 0 nitrogen and oxygen atoms in total. The summed E-state index contributed by atoms with van der Waals surface area (Å²) in [6.45, 7) is 7.00. The molecule has 2 heterocycles. The molecule has 0 aliphatic rings. The van der Waals surface area contributed by atoms with Crippen LogP contribution >= 0.6 is 22.7 Å². The first-order chi connectivity index (χ1) is 10.6. The van der Waals surface area contributed by atoms with Gasteiger partial charge in [0.2, 0.25) is 0 Å². The van der Waals surface area contributed by atoms with Gasteiger partial charge in [-0.2, -0.15) is 0 Å². The summed E-state index contributed by atoms with van der Waals surface area (Å²) in [5.41, 5.74) is 0.316. The van der Waals surface area contributed by atoms with Crippen LogP contribution in [0, 0.1) is 0 Å². The highest BCUT2D eigenvalue weighted by Crippen LogP contribution is 2.40. The van der Waals surface area contributed by atoms with Gasteiger partial charge in [0, 0.05) is 19.7 Å². The van der Waals surface area contributed by atoms with Gasteiger partial charge in [-0.15, -0.1) is 22.7 Å². The van der Waals surface area contributed by atoms with Crippen LogP contribution in [-0.4, -0.2) is 0 Å². The van der Waals surface area contributed by atoms with Crippen LogP contribution in [0.3, 0.4) is 0 Å². The van der Waals surface area contributed by atoms with Crippen molar-refractivity contribution in [3.63, 3.8) is 0 Å². The van der Waals surface area contributed by atoms with Crippen LogP contribution in [0.5, 0.6) is 0 Å². The van der Waals surface area contributed by atoms with Gasteiger partial charge in [-0.1, -0.05) is 20.8 Å². The summed E-state index contributed by atoms with van der Waals surface area (Å²) in [4.78, 5) is 1.53. The zero-order chi connectivity index (χ0) is 15.3. The molecule has 0 radical (unpaired) electrons. The van der Waals surface area contributed by atoms with Gasteiger partial charge in [0.1, 0.15) is 0 Å². The van der Waals surface area contributed by atoms with E-state index in [1.807, 2.05) is 22.7 Å². The predicted molar refractivity (Wildman–Crippen MR) is 103 cm³/mol. The molecule has 0 fully saturated rings. The quantitative estimate of drug-likeness (QED) is 0.369. The van der Waals surface area contributed by atoms with E-state index in [0.717, 1.165) is 0 Å². The standard InChI is InChI=1S/C20H20S2/c1-4-20(3,5-2)19-12-16-9-15-10-17-13(6-7-21-17)8-14(15)11-18(16)22-19/h6-12H,4-5H2,1-3H3. The molecular weight excluding hydrogens is 304 g/mol. The summed E-state index contributed by atoms with van der Waals surface area (Å²) in [7, 11) is 0. The molecule has 112 valence electrons. The average Bonchev–Trinajstić information content (AvgIpc) is 3.15. The molecule has 0 unspecified atom stereocenters. The number of benzene rings is 2. The average molecular weight is 325 g/mol. The Hall–Kier alpha value is -1.38. The molecule has 0 saturated heterocycles. The summed E-state index contributed by atoms with van der Waals surface area (Å²) in [5.74, 6) is 0. The van der Waals surface area contributed by atoms with Crippen LogP contribution in [0.15, 0.2) is 41.8 Å². The Labute approximate surface area is 139 Å². The van der Waals surface area contributed by atoms with Crippen molar-refractivity contribution in [1.29, 1.82) is 0 Å². The van der Waals surface area contributed by atoms with E-state index in [4.69, 9.17) is 0 Å². The van der Waals surface area contributed by atoms with Gasteiger partial charge in [0.25, 0.3) is 0 Å². The summed E-state index contributed by atoms with van der Waals surface area (Å²) in [5, 5.41) is 7.66. The molecule has 4 rings (SSSR count). The highest BCUT2D eigenvalue weighted by atomic mass is 32.1. The predicted octanol–water partition coefficient (Wildman–Crippen LogP) is 7.35. The van der Waals surface area contributed by atoms with Crippen molar-refractivity contribution >= 4 is 53.6 Å². The largest absolute Gasteiger partial charge is 0.144 e. The van der Waals surface area contributed by atoms with E-state index in [9.17, 15) is 0 Å². The molecule has 0 saturated carbocycles. The van der Waals surface area contributed by atoms with Crippen LogP contribution in [-0.2, 0) is 5.41 Å². The van der Waals surface area contributed by atoms with E-state index >= 15 is 0 Å². The second-order valence-electron chi connectivity index (χ2n) is 6.43. The third-order valence-electron chi connectivity index (χ3n) is 5.20. The molecule has 0 spiro atoms. The fourth-order valence-electron chi connectivity index (χ4n) is 3.14. The number of rotatable bonds is 3. The van der Waals surface area contributed by atoms with Crippen molar-refractivity contribution in [2.24, 2.45) is 0 Å². The van der Waals surface area contributed by atoms with Gasteiger partial charge in [-0.3, -0.25) is 0 Å². The van der Waals surface area contributed by atoms with Gasteiger partial charge in [-0.25, -0.2) is 0 Å². The maximum atomic E-state index is 2.42. The molecule has 0 aliphatic carbocycles. The summed E-state index contributed by atoms with van der Waals surface area (Å²) >= 11 is 3.81. The first-order valence-electron chi connectivity index (χ1n) is 7.98. The molecule has 2 aromatic carbocycles. The zero-order valence-electron chi connectivity index (χ0n) is 13.3. The Balaban J connectivity index is 1.97. The zero-order valence-corrected chi connectivity index (χ0v) is 14.9. The summed E-state index contributed by atoms with van der Waals surface area (Å²) in [6, 6.07) is 14.1. The van der Waals surface area contributed by atoms with Crippen LogP contribution in [0.25, 0.3) is 30.9 Å². The van der Waals surface area contributed by atoms with Gasteiger partial charge >= 0.3 is 0 Å². The summed E-state index contributed by atoms with van der Waals surface area (Å²) in [6.07, 6.45) is 2.40. The van der Waals surface area contributed by atoms with E-state index in [1.54, 1.807) is 0 Å². The number of fused-ring (bicyclic) bond motifs is 3. The number of hydrogen-bond donors (Lipinski definition) is 0. The Morgan fingerprint density at radius 1 is 0.818 bits per heavy atom. The third-order valence-corrected chi connectivity index (χ3v) is 7.49. The van der Waals surface area contributed by atoms with Crippen molar-refractivity contribution < 1.29 is 0 Å². The lowest BCUT2D eigenvalue weighted by Crippen LogP contribution is -2.17. The maximum Gasteiger partial charge on any atom is 0.0352 e. The Morgan fingerprint density at radius 3 is 2.23 bits per heavy atom.